The molecule has 0 heterocycles. The van der Waals surface area contributed by atoms with Gasteiger partial charge in [0, 0.05) is 11.6 Å². The zero-order valence-electron chi connectivity index (χ0n) is 10.7. The quantitative estimate of drug-likeness (QED) is 0.873. The highest BCUT2D eigenvalue weighted by atomic mass is 35.5. The Bertz CT molecular complexity index is 693. The van der Waals surface area contributed by atoms with Crippen molar-refractivity contribution in [1.29, 1.82) is 5.26 Å². The molecule has 0 aliphatic heterocycles. The summed E-state index contributed by atoms with van der Waals surface area (Å²) >= 11 is 12.1. The van der Waals surface area contributed by atoms with Crippen molar-refractivity contribution in [1.82, 2.24) is 0 Å². The average Bonchev–Trinajstić information content (AvgIpc) is 2.40. The van der Waals surface area contributed by atoms with E-state index in [9.17, 15) is 4.39 Å². The van der Waals surface area contributed by atoms with Crippen molar-refractivity contribution in [2.45, 2.75) is 13.5 Å². The molecule has 2 nitrogen and oxygen atoms in total. The first-order valence-corrected chi connectivity index (χ1v) is 6.64. The van der Waals surface area contributed by atoms with Gasteiger partial charge in [0.05, 0.1) is 22.3 Å². The van der Waals surface area contributed by atoms with Gasteiger partial charge in [0.2, 0.25) is 0 Å². The van der Waals surface area contributed by atoms with Crippen LogP contribution in [0.15, 0.2) is 30.3 Å². The fourth-order valence-corrected chi connectivity index (χ4v) is 2.24. The second kappa shape index (κ2) is 6.13. The number of hydrogen-bond donors (Lipinski definition) is 1. The second-order valence-electron chi connectivity index (χ2n) is 4.39. The molecular formula is C15H11Cl2FN2. The van der Waals surface area contributed by atoms with Crippen molar-refractivity contribution < 1.29 is 4.39 Å². The van der Waals surface area contributed by atoms with Gasteiger partial charge in [-0.15, -0.1) is 0 Å². The molecule has 0 radical (unpaired) electrons. The molecule has 0 amide bonds. The summed E-state index contributed by atoms with van der Waals surface area (Å²) in [6.07, 6.45) is 0. The van der Waals surface area contributed by atoms with Gasteiger partial charge in [0.25, 0.3) is 0 Å². The van der Waals surface area contributed by atoms with Crippen molar-refractivity contribution in [3.05, 3.63) is 62.9 Å². The maximum atomic E-state index is 13.3. The summed E-state index contributed by atoms with van der Waals surface area (Å²) in [6, 6.07) is 9.60. The van der Waals surface area contributed by atoms with E-state index >= 15 is 0 Å². The van der Waals surface area contributed by atoms with Gasteiger partial charge in [-0.25, -0.2) is 4.39 Å². The van der Waals surface area contributed by atoms with E-state index in [4.69, 9.17) is 28.5 Å². The van der Waals surface area contributed by atoms with Gasteiger partial charge in [-0.3, -0.25) is 0 Å². The zero-order valence-corrected chi connectivity index (χ0v) is 12.2. The molecule has 0 aliphatic carbocycles. The molecule has 2 aromatic rings. The monoisotopic (exact) mass is 308 g/mol. The lowest BCUT2D eigenvalue weighted by molar-refractivity contribution is 0.625. The lowest BCUT2D eigenvalue weighted by Crippen LogP contribution is -2.01. The van der Waals surface area contributed by atoms with Crippen molar-refractivity contribution in [3.8, 4) is 6.07 Å². The van der Waals surface area contributed by atoms with Gasteiger partial charge in [0.15, 0.2) is 0 Å². The van der Waals surface area contributed by atoms with Crippen molar-refractivity contribution >= 4 is 28.9 Å². The van der Waals surface area contributed by atoms with Gasteiger partial charge in [-0.2, -0.15) is 5.26 Å². The molecule has 2 aromatic carbocycles. The van der Waals surface area contributed by atoms with Crippen molar-refractivity contribution in [3.63, 3.8) is 0 Å². The topological polar surface area (TPSA) is 35.8 Å². The minimum absolute atomic E-state index is 0.287. The molecule has 5 heteroatoms. The number of aryl methyl sites for hydroxylation is 1. The predicted octanol–water partition coefficient (Wildman–Crippen LogP) is 4.92. The molecule has 102 valence electrons. The molecular weight excluding hydrogens is 298 g/mol. The summed E-state index contributed by atoms with van der Waals surface area (Å²) in [5.41, 5.74) is 2.51. The number of nitriles is 1. The van der Waals surface area contributed by atoms with E-state index in [2.05, 4.69) is 5.32 Å². The molecule has 1 N–H and O–H groups in total. The maximum absolute atomic E-state index is 13.3. The average molecular weight is 309 g/mol. The Morgan fingerprint density at radius 3 is 2.60 bits per heavy atom. The minimum Gasteiger partial charge on any atom is -0.380 e. The Balaban J connectivity index is 2.19. The lowest BCUT2D eigenvalue weighted by Gasteiger charge is -2.11. The fraction of sp³-hybridized carbons (Fsp3) is 0.133. The van der Waals surface area contributed by atoms with E-state index in [1.807, 2.05) is 13.0 Å². The number of nitrogens with one attached hydrogen (secondary N) is 1. The smallest absolute Gasteiger partial charge is 0.124 e. The molecule has 20 heavy (non-hydrogen) atoms. The van der Waals surface area contributed by atoms with Gasteiger partial charge in [-0.05, 0) is 48.4 Å². The van der Waals surface area contributed by atoms with E-state index in [1.54, 1.807) is 18.2 Å². The molecule has 0 unspecified atom stereocenters. The number of rotatable bonds is 3. The molecule has 0 fully saturated rings. The van der Waals surface area contributed by atoms with E-state index < -0.39 is 5.82 Å². The van der Waals surface area contributed by atoms with Crippen LogP contribution in [0.1, 0.15) is 16.7 Å². The van der Waals surface area contributed by atoms with Crippen LogP contribution in [-0.4, -0.2) is 0 Å². The van der Waals surface area contributed by atoms with Crippen LogP contribution in [0.5, 0.6) is 0 Å². The Morgan fingerprint density at radius 2 is 1.90 bits per heavy atom. The molecule has 0 aromatic heterocycles. The van der Waals surface area contributed by atoms with E-state index in [-0.39, 0.29) is 5.56 Å². The summed E-state index contributed by atoms with van der Waals surface area (Å²) in [4.78, 5) is 0. The lowest BCUT2D eigenvalue weighted by atomic mass is 10.1. The fourth-order valence-electron chi connectivity index (χ4n) is 1.80. The van der Waals surface area contributed by atoms with Crippen molar-refractivity contribution in [2.75, 3.05) is 5.32 Å². The number of halogens is 3. The van der Waals surface area contributed by atoms with Gasteiger partial charge >= 0.3 is 0 Å². The highest BCUT2D eigenvalue weighted by Crippen LogP contribution is 2.29. The van der Waals surface area contributed by atoms with E-state index in [0.717, 1.165) is 5.56 Å². The molecule has 0 spiro atoms. The van der Waals surface area contributed by atoms with Gasteiger partial charge in [0.1, 0.15) is 5.82 Å². The molecule has 0 aliphatic rings. The number of hydrogen-bond acceptors (Lipinski definition) is 2. The minimum atomic E-state index is -0.436. The van der Waals surface area contributed by atoms with E-state index in [0.29, 0.717) is 27.8 Å². The van der Waals surface area contributed by atoms with Crippen LogP contribution in [0.25, 0.3) is 0 Å². The summed E-state index contributed by atoms with van der Waals surface area (Å²) in [7, 11) is 0. The van der Waals surface area contributed by atoms with Crippen LogP contribution in [-0.2, 0) is 6.54 Å². The van der Waals surface area contributed by atoms with Crippen LogP contribution < -0.4 is 5.32 Å². The largest absolute Gasteiger partial charge is 0.380 e. The first-order valence-electron chi connectivity index (χ1n) is 5.88. The third-order valence-corrected chi connectivity index (χ3v) is 3.54. The Labute approximate surface area is 126 Å². The molecule has 2 rings (SSSR count). The second-order valence-corrected chi connectivity index (χ2v) is 5.21. The number of benzene rings is 2. The highest BCUT2D eigenvalue weighted by Gasteiger charge is 2.06. The molecule has 0 saturated heterocycles. The number of nitrogens with zero attached hydrogens (tertiary/aromatic N) is 1. The highest BCUT2D eigenvalue weighted by molar-refractivity contribution is 6.35. The van der Waals surface area contributed by atoms with Crippen LogP contribution in [0, 0.1) is 24.1 Å². The van der Waals surface area contributed by atoms with Gasteiger partial charge in [-0.1, -0.05) is 23.2 Å². The standard InChI is InChI=1S/C15H11Cl2FN2/c1-9-2-14(17)15(6-13(9)16)20-8-11-3-10(7-19)4-12(18)5-11/h2-6,20H,8H2,1H3. The maximum Gasteiger partial charge on any atom is 0.124 e. The third kappa shape index (κ3) is 3.41. The summed E-state index contributed by atoms with van der Waals surface area (Å²) in [5, 5.41) is 13.0. The normalized spacial score (nSPS) is 10.2. The zero-order chi connectivity index (χ0) is 14.7. The Morgan fingerprint density at radius 1 is 1.15 bits per heavy atom. The van der Waals surface area contributed by atoms with Gasteiger partial charge < -0.3 is 5.32 Å². The van der Waals surface area contributed by atoms with Crippen LogP contribution in [0.3, 0.4) is 0 Å². The summed E-state index contributed by atoms with van der Waals surface area (Å²) < 4.78 is 13.3. The first-order chi connectivity index (χ1) is 9.49. The number of anilines is 1. The molecule has 0 atom stereocenters. The van der Waals surface area contributed by atoms with Crippen LogP contribution >= 0.6 is 23.2 Å². The summed E-state index contributed by atoms with van der Waals surface area (Å²) in [6.45, 7) is 2.22. The SMILES string of the molecule is Cc1cc(Cl)c(NCc2cc(F)cc(C#N)c2)cc1Cl. The third-order valence-electron chi connectivity index (χ3n) is 2.82. The van der Waals surface area contributed by atoms with Crippen molar-refractivity contribution in [2.24, 2.45) is 0 Å². The summed E-state index contributed by atoms with van der Waals surface area (Å²) in [5.74, 6) is -0.436. The Hall–Kier alpha value is -1.76. The van der Waals surface area contributed by atoms with Crippen LogP contribution in [0.4, 0.5) is 10.1 Å². The van der Waals surface area contributed by atoms with E-state index in [1.165, 1.54) is 12.1 Å². The first kappa shape index (κ1) is 14.6. The Kier molecular flexibility index (Phi) is 4.49. The molecule has 0 bridgehead atoms. The van der Waals surface area contributed by atoms with Crippen LogP contribution in [0.2, 0.25) is 10.0 Å². The molecule has 0 saturated carbocycles. The predicted molar refractivity (Wildman–Crippen MR) is 79.6 cm³/mol.